The van der Waals surface area contributed by atoms with E-state index in [4.69, 9.17) is 4.74 Å². The number of amides is 3. The van der Waals surface area contributed by atoms with Crippen LogP contribution in [0.4, 0.5) is 16.2 Å². The number of methoxy groups -OCH3 is 1. The summed E-state index contributed by atoms with van der Waals surface area (Å²) in [6.07, 6.45) is 3.60. The average molecular weight is 479 g/mol. The summed E-state index contributed by atoms with van der Waals surface area (Å²) in [6.45, 7) is 4.14. The summed E-state index contributed by atoms with van der Waals surface area (Å²) in [5, 5.41) is 16.3. The van der Waals surface area contributed by atoms with Gasteiger partial charge in [-0.1, -0.05) is 19.1 Å². The molecule has 1 aliphatic heterocycles. The summed E-state index contributed by atoms with van der Waals surface area (Å²) in [6, 6.07) is 11.6. The highest BCUT2D eigenvalue weighted by Crippen LogP contribution is 2.32. The lowest BCUT2D eigenvalue weighted by atomic mass is 9.94. The van der Waals surface area contributed by atoms with E-state index >= 15 is 0 Å². The zero-order chi connectivity index (χ0) is 25.5. The fourth-order valence-electron chi connectivity index (χ4n) is 3.72. The fourth-order valence-corrected chi connectivity index (χ4v) is 3.72. The number of ether oxygens (including phenoxy) is 1. The number of nitrogens with one attached hydrogen (secondary N) is 2. The molecule has 0 saturated heterocycles. The zero-order valence-electron chi connectivity index (χ0n) is 19.6. The normalized spacial score (nSPS) is 15.7. The minimum Gasteiger partial charge on any atom is -0.466 e. The number of nitrogens with zero attached hydrogens (tertiary/aromatic N) is 2. The quantitative estimate of drug-likeness (QED) is 0.253. The van der Waals surface area contributed by atoms with E-state index < -0.39 is 16.9 Å². The highest BCUT2D eigenvalue weighted by atomic mass is 16.6. The summed E-state index contributed by atoms with van der Waals surface area (Å²) in [4.78, 5) is 49.2. The van der Waals surface area contributed by atoms with Crippen LogP contribution in [-0.2, 0) is 14.3 Å². The lowest BCUT2D eigenvalue weighted by molar-refractivity contribution is -0.384. The van der Waals surface area contributed by atoms with Crippen LogP contribution in [0.5, 0.6) is 0 Å². The second-order valence-electron chi connectivity index (χ2n) is 7.82. The summed E-state index contributed by atoms with van der Waals surface area (Å²) >= 11 is 0. The van der Waals surface area contributed by atoms with Crippen LogP contribution in [0.1, 0.15) is 37.4 Å². The maximum Gasteiger partial charge on any atom is 0.337 e. The van der Waals surface area contributed by atoms with Crippen LogP contribution in [0.2, 0.25) is 0 Å². The van der Waals surface area contributed by atoms with Crippen LogP contribution >= 0.6 is 0 Å². The van der Waals surface area contributed by atoms with Crippen molar-refractivity contribution in [1.29, 1.82) is 0 Å². The van der Waals surface area contributed by atoms with Gasteiger partial charge >= 0.3 is 12.0 Å². The van der Waals surface area contributed by atoms with Gasteiger partial charge in [0.2, 0.25) is 5.91 Å². The van der Waals surface area contributed by atoms with E-state index in [1.807, 2.05) is 6.92 Å². The Balaban J connectivity index is 1.73. The predicted octanol–water partition coefficient (Wildman–Crippen LogP) is 4.17. The van der Waals surface area contributed by atoms with Crippen molar-refractivity contribution in [3.8, 4) is 0 Å². The Labute approximate surface area is 202 Å². The highest BCUT2D eigenvalue weighted by Gasteiger charge is 2.35. The van der Waals surface area contributed by atoms with Gasteiger partial charge in [-0.05, 0) is 54.8 Å². The number of nitro benzene ring substituents is 1. The highest BCUT2D eigenvalue weighted by molar-refractivity contribution is 6.02. The van der Waals surface area contributed by atoms with Gasteiger partial charge in [-0.3, -0.25) is 19.8 Å². The molecule has 2 aromatic carbocycles. The molecule has 35 heavy (non-hydrogen) atoms. The first kappa shape index (κ1) is 25.2. The van der Waals surface area contributed by atoms with Crippen molar-refractivity contribution in [2.75, 3.05) is 19.0 Å². The molecule has 1 heterocycles. The number of non-ortho nitro benzene ring substituents is 1. The molecule has 0 bridgehead atoms. The van der Waals surface area contributed by atoms with Crippen molar-refractivity contribution in [1.82, 2.24) is 10.2 Å². The molecule has 10 heteroatoms. The number of carbonyl (C=O) groups is 3. The topological polar surface area (TPSA) is 131 Å². The first-order valence-corrected chi connectivity index (χ1v) is 11.0. The Kier molecular flexibility index (Phi) is 7.98. The third-order valence-corrected chi connectivity index (χ3v) is 5.49. The molecule has 1 aliphatic rings. The molecule has 0 saturated carbocycles. The van der Waals surface area contributed by atoms with Crippen molar-refractivity contribution in [2.45, 2.75) is 26.3 Å². The Morgan fingerprint density at radius 1 is 1.17 bits per heavy atom. The summed E-state index contributed by atoms with van der Waals surface area (Å²) in [7, 11) is 1.29. The fraction of sp³-hybridized carbons (Fsp3) is 0.240. The first-order chi connectivity index (χ1) is 16.7. The van der Waals surface area contributed by atoms with Gasteiger partial charge in [-0.15, -0.1) is 0 Å². The maximum atomic E-state index is 12.6. The molecule has 182 valence electrons. The Hall–Kier alpha value is -4.47. The number of benzene rings is 2. The summed E-state index contributed by atoms with van der Waals surface area (Å²) in [5.41, 5.74) is 2.68. The average Bonchev–Trinajstić information content (AvgIpc) is 2.85. The third-order valence-electron chi connectivity index (χ3n) is 5.49. The smallest absolute Gasteiger partial charge is 0.337 e. The van der Waals surface area contributed by atoms with E-state index in [-0.39, 0.29) is 17.6 Å². The van der Waals surface area contributed by atoms with Gasteiger partial charge in [0.1, 0.15) is 0 Å². The van der Waals surface area contributed by atoms with Crippen molar-refractivity contribution in [3.63, 3.8) is 0 Å². The number of urea groups is 1. The monoisotopic (exact) mass is 478 g/mol. The predicted molar refractivity (Wildman–Crippen MR) is 130 cm³/mol. The largest absolute Gasteiger partial charge is 0.466 e. The SMILES string of the molecule is CCCN1C(=O)N[C@H](c2ccc(NC(=O)/C=C/c3ccc([N+](=O)[O-])cc3)cc2)C(C(=O)OC)=C1C. The van der Waals surface area contributed by atoms with Crippen LogP contribution in [-0.4, -0.2) is 41.4 Å². The number of nitro groups is 1. The van der Waals surface area contributed by atoms with Crippen molar-refractivity contribution >= 4 is 35.4 Å². The van der Waals surface area contributed by atoms with Crippen molar-refractivity contribution in [3.05, 3.63) is 87.1 Å². The van der Waals surface area contributed by atoms with Gasteiger partial charge < -0.3 is 15.4 Å². The van der Waals surface area contributed by atoms with E-state index in [0.717, 1.165) is 6.42 Å². The molecule has 3 rings (SSSR count). The number of anilines is 1. The standard InChI is InChI=1S/C25H26N4O6/c1-4-15-28-16(2)22(24(31)35-3)23(27-25(28)32)18-8-10-19(11-9-18)26-21(30)14-7-17-5-12-20(13-6-17)29(33)34/h5-14,23H,4,15H2,1-3H3,(H,26,30)(H,27,32)/b14-7+/t23-/m1/s1. The maximum absolute atomic E-state index is 12.6. The third kappa shape index (κ3) is 5.91. The zero-order valence-corrected chi connectivity index (χ0v) is 19.6. The number of allylic oxidation sites excluding steroid dienone is 1. The van der Waals surface area contributed by atoms with Gasteiger partial charge in [0.05, 0.1) is 23.6 Å². The number of rotatable bonds is 8. The van der Waals surface area contributed by atoms with Gasteiger partial charge in [0, 0.05) is 36.1 Å². The molecule has 0 radical (unpaired) electrons. The summed E-state index contributed by atoms with van der Waals surface area (Å²) in [5.74, 6) is -0.911. The van der Waals surface area contributed by atoms with Crippen molar-refractivity contribution < 1.29 is 24.0 Å². The Morgan fingerprint density at radius 2 is 1.83 bits per heavy atom. The Bertz CT molecular complexity index is 1190. The van der Waals surface area contributed by atoms with E-state index in [2.05, 4.69) is 10.6 Å². The van der Waals surface area contributed by atoms with Crippen LogP contribution in [0.25, 0.3) is 6.08 Å². The molecule has 0 aromatic heterocycles. The minimum atomic E-state index is -0.685. The molecule has 3 amide bonds. The van der Waals surface area contributed by atoms with Crippen LogP contribution in [0, 0.1) is 10.1 Å². The van der Waals surface area contributed by atoms with E-state index in [1.54, 1.807) is 49.4 Å². The van der Waals surface area contributed by atoms with Gasteiger partial charge in [0.25, 0.3) is 5.69 Å². The molecular weight excluding hydrogens is 452 g/mol. The van der Waals surface area contributed by atoms with Crippen LogP contribution < -0.4 is 10.6 Å². The molecule has 10 nitrogen and oxygen atoms in total. The number of hydrogen-bond acceptors (Lipinski definition) is 6. The van der Waals surface area contributed by atoms with E-state index in [0.29, 0.717) is 34.6 Å². The van der Waals surface area contributed by atoms with Gasteiger partial charge in [-0.25, -0.2) is 9.59 Å². The number of esters is 1. The van der Waals surface area contributed by atoms with Crippen LogP contribution in [0.15, 0.2) is 65.9 Å². The molecule has 1 atom stereocenters. The van der Waals surface area contributed by atoms with Gasteiger partial charge in [-0.2, -0.15) is 0 Å². The second-order valence-corrected chi connectivity index (χ2v) is 7.82. The van der Waals surface area contributed by atoms with Crippen LogP contribution in [0.3, 0.4) is 0 Å². The summed E-state index contributed by atoms with van der Waals surface area (Å²) < 4.78 is 4.96. The molecule has 2 N–H and O–H groups in total. The lowest BCUT2D eigenvalue weighted by Gasteiger charge is -2.35. The second kappa shape index (κ2) is 11.1. The molecule has 0 aliphatic carbocycles. The van der Waals surface area contributed by atoms with E-state index in [9.17, 15) is 24.5 Å². The van der Waals surface area contributed by atoms with Crippen molar-refractivity contribution in [2.24, 2.45) is 0 Å². The molecule has 0 fully saturated rings. The molecule has 2 aromatic rings. The molecular formula is C25H26N4O6. The number of carbonyl (C=O) groups excluding carboxylic acids is 3. The van der Waals surface area contributed by atoms with Gasteiger partial charge in [0.15, 0.2) is 0 Å². The minimum absolute atomic E-state index is 0.0284. The molecule has 0 unspecified atom stereocenters. The van der Waals surface area contributed by atoms with E-state index in [1.165, 1.54) is 30.2 Å². The molecule has 0 spiro atoms. The first-order valence-electron chi connectivity index (χ1n) is 11.0. The number of hydrogen-bond donors (Lipinski definition) is 2. The Morgan fingerprint density at radius 3 is 2.40 bits per heavy atom. The lowest BCUT2D eigenvalue weighted by Crippen LogP contribution is -2.48.